The number of nitrogens with one attached hydrogen (secondary N) is 1. The van der Waals surface area contributed by atoms with Gasteiger partial charge in [0.05, 0.1) is 9.92 Å². The molecule has 0 saturated heterocycles. The van der Waals surface area contributed by atoms with Gasteiger partial charge < -0.3 is 5.32 Å². The van der Waals surface area contributed by atoms with Gasteiger partial charge in [0.15, 0.2) is 0 Å². The average Bonchev–Trinajstić information content (AvgIpc) is 3.26. The van der Waals surface area contributed by atoms with Crippen molar-refractivity contribution in [3.8, 4) is 0 Å². The molecule has 21 heavy (non-hydrogen) atoms. The Morgan fingerprint density at radius 2 is 2.00 bits per heavy atom. The average molecular weight is 327 g/mol. The Morgan fingerprint density at radius 1 is 1.29 bits per heavy atom. The minimum Gasteiger partial charge on any atom is -0.310 e. The third-order valence-electron chi connectivity index (χ3n) is 3.15. The van der Waals surface area contributed by atoms with Crippen molar-refractivity contribution in [3.05, 3.63) is 52.7 Å². The van der Waals surface area contributed by atoms with Crippen LogP contribution in [0.3, 0.4) is 0 Å². The van der Waals surface area contributed by atoms with E-state index in [1.54, 1.807) is 12.1 Å². The van der Waals surface area contributed by atoms with Crippen molar-refractivity contribution in [2.75, 3.05) is 0 Å². The monoisotopic (exact) mass is 326 g/mol. The molecule has 0 atom stereocenters. The highest BCUT2D eigenvalue weighted by Gasteiger charge is 2.21. The Morgan fingerprint density at radius 3 is 2.62 bits per heavy atom. The van der Waals surface area contributed by atoms with Crippen molar-refractivity contribution in [3.63, 3.8) is 0 Å². The van der Waals surface area contributed by atoms with E-state index in [1.807, 2.05) is 0 Å². The number of rotatable bonds is 5. The predicted molar refractivity (Wildman–Crippen MR) is 79.6 cm³/mol. The van der Waals surface area contributed by atoms with E-state index in [0.717, 1.165) is 24.6 Å². The van der Waals surface area contributed by atoms with Gasteiger partial charge in [-0.3, -0.25) is 0 Å². The molecule has 1 aromatic carbocycles. The van der Waals surface area contributed by atoms with Crippen LogP contribution in [0.25, 0.3) is 0 Å². The fourth-order valence-corrected chi connectivity index (χ4v) is 2.93. The maximum absolute atomic E-state index is 14.1. The van der Waals surface area contributed by atoms with Gasteiger partial charge in [-0.1, -0.05) is 23.4 Å². The van der Waals surface area contributed by atoms with Gasteiger partial charge >= 0.3 is 0 Å². The molecule has 1 aliphatic carbocycles. The van der Waals surface area contributed by atoms with Crippen LogP contribution in [0.1, 0.15) is 18.4 Å². The Bertz CT molecular complexity index is 639. The van der Waals surface area contributed by atoms with Crippen molar-refractivity contribution in [2.24, 2.45) is 0 Å². The molecule has 3 rings (SSSR count). The molecule has 1 heterocycles. The molecule has 1 aliphatic rings. The molecule has 110 valence electrons. The SMILES string of the molecule is Fc1cc(CNC2CC2)cc(F)c1Sc1ncccc1Cl. The Labute approximate surface area is 130 Å². The van der Waals surface area contributed by atoms with Crippen LogP contribution < -0.4 is 5.32 Å². The zero-order chi connectivity index (χ0) is 14.8. The van der Waals surface area contributed by atoms with Crippen molar-refractivity contribution in [1.82, 2.24) is 10.3 Å². The number of nitrogens with zero attached hydrogens (tertiary/aromatic N) is 1. The first-order valence-electron chi connectivity index (χ1n) is 6.63. The second-order valence-electron chi connectivity index (χ2n) is 4.94. The zero-order valence-electron chi connectivity index (χ0n) is 11.1. The quantitative estimate of drug-likeness (QED) is 0.880. The second kappa shape index (κ2) is 6.30. The molecule has 0 spiro atoms. The summed E-state index contributed by atoms with van der Waals surface area (Å²) in [6.07, 6.45) is 3.81. The molecule has 0 aliphatic heterocycles. The third-order valence-corrected chi connectivity index (χ3v) is 4.68. The summed E-state index contributed by atoms with van der Waals surface area (Å²) in [5.41, 5.74) is 0.605. The predicted octanol–water partition coefficient (Wildman–Crippen LogP) is 4.42. The third kappa shape index (κ3) is 3.73. The molecular weight excluding hydrogens is 314 g/mol. The van der Waals surface area contributed by atoms with Gasteiger partial charge in [-0.05, 0) is 42.7 Å². The van der Waals surface area contributed by atoms with Crippen LogP contribution in [-0.4, -0.2) is 11.0 Å². The van der Waals surface area contributed by atoms with Crippen LogP contribution in [0.4, 0.5) is 8.78 Å². The smallest absolute Gasteiger partial charge is 0.140 e. The normalized spacial score (nSPS) is 14.4. The van der Waals surface area contributed by atoms with Crippen molar-refractivity contribution in [1.29, 1.82) is 0 Å². The highest BCUT2D eigenvalue weighted by atomic mass is 35.5. The number of aromatic nitrogens is 1. The first-order chi connectivity index (χ1) is 10.1. The van der Waals surface area contributed by atoms with E-state index in [4.69, 9.17) is 11.6 Å². The minimum absolute atomic E-state index is 0.0780. The lowest BCUT2D eigenvalue weighted by atomic mass is 10.2. The van der Waals surface area contributed by atoms with Crippen LogP contribution >= 0.6 is 23.4 Å². The van der Waals surface area contributed by atoms with Gasteiger partial charge in [-0.15, -0.1) is 0 Å². The summed E-state index contributed by atoms with van der Waals surface area (Å²) in [5.74, 6) is -1.18. The second-order valence-corrected chi connectivity index (χ2v) is 6.34. The van der Waals surface area contributed by atoms with E-state index >= 15 is 0 Å². The van der Waals surface area contributed by atoms with E-state index in [0.29, 0.717) is 28.2 Å². The van der Waals surface area contributed by atoms with Gasteiger partial charge in [0, 0.05) is 18.8 Å². The maximum atomic E-state index is 14.1. The topological polar surface area (TPSA) is 24.9 Å². The zero-order valence-corrected chi connectivity index (χ0v) is 12.6. The number of pyridine rings is 1. The van der Waals surface area contributed by atoms with Gasteiger partial charge in [-0.2, -0.15) is 0 Å². The van der Waals surface area contributed by atoms with Crippen molar-refractivity contribution in [2.45, 2.75) is 35.3 Å². The number of benzene rings is 1. The Hall–Kier alpha value is -1.17. The van der Waals surface area contributed by atoms with E-state index in [-0.39, 0.29) is 4.90 Å². The van der Waals surface area contributed by atoms with E-state index in [1.165, 1.54) is 18.3 Å². The van der Waals surface area contributed by atoms with Crippen molar-refractivity contribution < 1.29 is 8.78 Å². The molecule has 6 heteroatoms. The standard InChI is InChI=1S/C15H13ClF2N2S/c16-11-2-1-5-19-15(11)21-14-12(17)6-9(7-13(14)18)8-20-10-3-4-10/h1-2,5-7,10,20H,3-4,8H2. The van der Waals surface area contributed by atoms with Gasteiger partial charge in [0.1, 0.15) is 16.7 Å². The fraction of sp³-hybridized carbons (Fsp3) is 0.267. The molecule has 0 bridgehead atoms. The molecule has 0 radical (unpaired) electrons. The van der Waals surface area contributed by atoms with Crippen LogP contribution in [0.2, 0.25) is 5.02 Å². The lowest BCUT2D eigenvalue weighted by Gasteiger charge is -2.09. The Kier molecular flexibility index (Phi) is 4.42. The highest BCUT2D eigenvalue weighted by Crippen LogP contribution is 2.35. The summed E-state index contributed by atoms with van der Waals surface area (Å²) in [4.78, 5) is 3.95. The van der Waals surface area contributed by atoms with Gasteiger partial charge in [-0.25, -0.2) is 13.8 Å². The fourth-order valence-electron chi connectivity index (χ4n) is 1.90. The molecule has 2 nitrogen and oxygen atoms in total. The molecule has 1 fully saturated rings. The van der Waals surface area contributed by atoms with Crippen LogP contribution in [0, 0.1) is 11.6 Å². The van der Waals surface area contributed by atoms with Gasteiger partial charge in [0.25, 0.3) is 0 Å². The van der Waals surface area contributed by atoms with Crippen molar-refractivity contribution >= 4 is 23.4 Å². The van der Waals surface area contributed by atoms with E-state index in [2.05, 4.69) is 10.3 Å². The highest BCUT2D eigenvalue weighted by molar-refractivity contribution is 7.99. The molecule has 0 unspecified atom stereocenters. The number of hydrogen-bond acceptors (Lipinski definition) is 3. The lowest BCUT2D eigenvalue weighted by molar-refractivity contribution is 0.534. The molecular formula is C15H13ClF2N2S. The molecule has 1 N–H and O–H groups in total. The summed E-state index contributed by atoms with van der Waals surface area (Å²) < 4.78 is 28.2. The van der Waals surface area contributed by atoms with Gasteiger partial charge in [0.2, 0.25) is 0 Å². The summed E-state index contributed by atoms with van der Waals surface area (Å²) >= 11 is 6.86. The van der Waals surface area contributed by atoms with E-state index < -0.39 is 11.6 Å². The van der Waals surface area contributed by atoms with Crippen LogP contribution in [-0.2, 0) is 6.54 Å². The summed E-state index contributed by atoms with van der Waals surface area (Å²) in [7, 11) is 0. The number of hydrogen-bond donors (Lipinski definition) is 1. The molecule has 2 aromatic rings. The minimum atomic E-state index is -0.589. The first-order valence-corrected chi connectivity index (χ1v) is 7.82. The number of halogens is 3. The lowest BCUT2D eigenvalue weighted by Crippen LogP contribution is -2.15. The summed E-state index contributed by atoms with van der Waals surface area (Å²) in [6, 6.07) is 6.53. The van der Waals surface area contributed by atoms with E-state index in [9.17, 15) is 8.78 Å². The first kappa shape index (κ1) is 14.8. The molecule has 1 saturated carbocycles. The van der Waals surface area contributed by atoms with Crippen LogP contribution in [0.15, 0.2) is 40.4 Å². The maximum Gasteiger partial charge on any atom is 0.140 e. The molecule has 1 aromatic heterocycles. The Balaban J connectivity index is 1.80. The largest absolute Gasteiger partial charge is 0.310 e. The summed E-state index contributed by atoms with van der Waals surface area (Å²) in [6.45, 7) is 0.480. The molecule has 0 amide bonds. The summed E-state index contributed by atoms with van der Waals surface area (Å²) in [5, 5.41) is 4.00. The van der Waals surface area contributed by atoms with Crippen LogP contribution in [0.5, 0.6) is 0 Å².